The smallest absolute Gasteiger partial charge is 0.344 e. The third kappa shape index (κ3) is 4.71. The van der Waals surface area contributed by atoms with E-state index in [9.17, 15) is 9.59 Å². The van der Waals surface area contributed by atoms with Crippen LogP contribution < -0.4 is 4.74 Å². The molecule has 0 N–H and O–H groups in total. The van der Waals surface area contributed by atoms with Crippen molar-refractivity contribution in [3.05, 3.63) is 82.7 Å². The van der Waals surface area contributed by atoms with Crippen molar-refractivity contribution in [2.45, 2.75) is 39.2 Å². The second-order valence-electron chi connectivity index (χ2n) is 8.38. The Hall–Kier alpha value is -3.94. The zero-order valence-corrected chi connectivity index (χ0v) is 19.6. The molecule has 3 aromatic rings. The summed E-state index contributed by atoms with van der Waals surface area (Å²) in [5, 5.41) is 9.88. The first-order valence-corrected chi connectivity index (χ1v) is 11.1. The number of rotatable bonds is 7. The first-order valence-electron chi connectivity index (χ1n) is 11.1. The molecule has 8 heteroatoms. The van der Waals surface area contributed by atoms with Crippen molar-refractivity contribution in [1.82, 2.24) is 10.2 Å². The molecule has 0 saturated carbocycles. The Morgan fingerprint density at radius 3 is 2.47 bits per heavy atom. The molecule has 8 nitrogen and oxygen atoms in total. The van der Waals surface area contributed by atoms with Gasteiger partial charge >= 0.3 is 5.97 Å². The normalized spacial score (nSPS) is 15.4. The minimum Gasteiger partial charge on any atom is -0.497 e. The van der Waals surface area contributed by atoms with Crippen molar-refractivity contribution in [1.29, 1.82) is 0 Å². The van der Waals surface area contributed by atoms with Crippen molar-refractivity contribution in [3.8, 4) is 5.75 Å². The van der Waals surface area contributed by atoms with Gasteiger partial charge in [-0.3, -0.25) is 4.79 Å². The fraction of sp³-hybridized carbons (Fsp3) is 0.308. The minimum absolute atomic E-state index is 0.0458. The molecular formula is C26H27N3O5. The number of benzene rings is 2. The average Bonchev–Trinajstić information content (AvgIpc) is 3.47. The Kier molecular flexibility index (Phi) is 6.77. The van der Waals surface area contributed by atoms with Crippen LogP contribution in [0.3, 0.4) is 0 Å². The number of ether oxygens (including phenoxy) is 2. The van der Waals surface area contributed by atoms with Gasteiger partial charge in [0.1, 0.15) is 11.3 Å². The molecule has 2 aromatic carbocycles. The number of hydrazone groups is 1. The Morgan fingerprint density at radius 2 is 1.82 bits per heavy atom. The quantitative estimate of drug-likeness (QED) is 0.476. The van der Waals surface area contributed by atoms with Crippen molar-refractivity contribution < 1.29 is 23.6 Å². The van der Waals surface area contributed by atoms with E-state index in [-0.39, 0.29) is 17.5 Å². The van der Waals surface area contributed by atoms with Gasteiger partial charge in [0.2, 0.25) is 0 Å². The minimum atomic E-state index is -0.636. The van der Waals surface area contributed by atoms with Gasteiger partial charge in [-0.2, -0.15) is 5.10 Å². The van der Waals surface area contributed by atoms with Gasteiger partial charge in [-0.15, -0.1) is 0 Å². The molecule has 1 aliphatic heterocycles. The van der Waals surface area contributed by atoms with Gasteiger partial charge in [0.15, 0.2) is 12.4 Å². The van der Waals surface area contributed by atoms with E-state index in [0.29, 0.717) is 17.9 Å². The third-order valence-electron chi connectivity index (χ3n) is 5.72. The molecule has 0 radical (unpaired) electrons. The van der Waals surface area contributed by atoms with Gasteiger partial charge in [0.25, 0.3) is 5.91 Å². The lowest BCUT2D eigenvalue weighted by Gasteiger charge is -2.22. The Bertz CT molecular complexity index is 1200. The van der Waals surface area contributed by atoms with E-state index in [4.69, 9.17) is 14.0 Å². The summed E-state index contributed by atoms with van der Waals surface area (Å²) in [7, 11) is 1.60. The van der Waals surface area contributed by atoms with Crippen molar-refractivity contribution in [3.63, 3.8) is 0 Å². The van der Waals surface area contributed by atoms with Crippen LogP contribution in [-0.4, -0.2) is 41.5 Å². The number of methoxy groups -OCH3 is 1. The molecule has 0 spiro atoms. The summed E-state index contributed by atoms with van der Waals surface area (Å²) in [5.74, 6) is 0.0681. The van der Waals surface area contributed by atoms with Gasteiger partial charge in [-0.05, 0) is 30.2 Å². The molecule has 1 aliphatic rings. The van der Waals surface area contributed by atoms with Crippen LogP contribution in [0.15, 0.2) is 64.2 Å². The Balaban J connectivity index is 1.55. The van der Waals surface area contributed by atoms with E-state index in [1.54, 1.807) is 14.0 Å². The fourth-order valence-corrected chi connectivity index (χ4v) is 3.93. The van der Waals surface area contributed by atoms with E-state index < -0.39 is 18.5 Å². The number of hydrogen-bond acceptors (Lipinski definition) is 7. The van der Waals surface area contributed by atoms with Crippen LogP contribution in [0.1, 0.15) is 65.2 Å². The van der Waals surface area contributed by atoms with Crippen molar-refractivity contribution in [2.24, 2.45) is 5.10 Å². The number of nitrogens with zero attached hydrogens (tertiary/aromatic N) is 3. The highest BCUT2D eigenvalue weighted by atomic mass is 16.5. The maximum atomic E-state index is 13.2. The summed E-state index contributed by atoms with van der Waals surface area (Å²) in [5.41, 5.74) is 3.34. The maximum Gasteiger partial charge on any atom is 0.344 e. The molecule has 0 aliphatic carbocycles. The Morgan fingerprint density at radius 1 is 1.12 bits per heavy atom. The highest BCUT2D eigenvalue weighted by Gasteiger charge is 2.34. The molecule has 1 aromatic heterocycles. The molecule has 0 saturated heterocycles. The first kappa shape index (κ1) is 23.2. The van der Waals surface area contributed by atoms with E-state index in [1.807, 2.05) is 68.4 Å². The predicted octanol–water partition coefficient (Wildman–Crippen LogP) is 4.65. The van der Waals surface area contributed by atoms with Crippen molar-refractivity contribution >= 4 is 17.6 Å². The number of aromatic nitrogens is 1. The number of amides is 1. The van der Waals surface area contributed by atoms with E-state index in [2.05, 4.69) is 10.3 Å². The summed E-state index contributed by atoms with van der Waals surface area (Å²) in [6.45, 7) is 5.01. The SMILES string of the molecule is COc1ccc([C@H]2CC(c3ccccc3)=NN2C(=O)COC(=O)c2c(C)noc2C(C)C)cc1. The van der Waals surface area contributed by atoms with Gasteiger partial charge in [0, 0.05) is 12.3 Å². The highest BCUT2D eigenvalue weighted by molar-refractivity contribution is 6.03. The zero-order chi connectivity index (χ0) is 24.2. The maximum absolute atomic E-state index is 13.2. The van der Waals surface area contributed by atoms with Crippen molar-refractivity contribution in [2.75, 3.05) is 13.7 Å². The molecule has 2 heterocycles. The van der Waals surface area contributed by atoms with Gasteiger partial charge in [0.05, 0.1) is 24.6 Å². The van der Waals surface area contributed by atoms with Gasteiger partial charge in [-0.25, -0.2) is 9.80 Å². The molecule has 176 valence electrons. The zero-order valence-electron chi connectivity index (χ0n) is 19.6. The number of aryl methyl sites for hydroxylation is 1. The van der Waals surface area contributed by atoms with Crippen LogP contribution in [0.5, 0.6) is 5.75 Å². The van der Waals surface area contributed by atoms with E-state index >= 15 is 0 Å². The summed E-state index contributed by atoms with van der Waals surface area (Å²) in [4.78, 5) is 25.9. The van der Waals surface area contributed by atoms with E-state index in [1.165, 1.54) is 5.01 Å². The number of carbonyl (C=O) groups is 2. The summed E-state index contributed by atoms with van der Waals surface area (Å²) in [6, 6.07) is 16.9. The Labute approximate surface area is 198 Å². The van der Waals surface area contributed by atoms with Crippen LogP contribution in [-0.2, 0) is 9.53 Å². The number of esters is 1. The lowest BCUT2D eigenvalue weighted by molar-refractivity contribution is -0.136. The van der Waals surface area contributed by atoms with Crippen LogP contribution in [0, 0.1) is 6.92 Å². The van der Waals surface area contributed by atoms with Crippen LogP contribution in [0.25, 0.3) is 0 Å². The van der Waals surface area contributed by atoms with Gasteiger partial charge in [-0.1, -0.05) is 61.5 Å². The van der Waals surface area contributed by atoms with E-state index in [0.717, 1.165) is 22.6 Å². The lowest BCUT2D eigenvalue weighted by Crippen LogP contribution is -2.31. The third-order valence-corrected chi connectivity index (χ3v) is 5.72. The standard InChI is InChI=1S/C26H27N3O5/c1-16(2)25-24(17(3)28-34-25)26(31)33-15-23(30)29-22(19-10-12-20(32-4)13-11-19)14-21(27-29)18-8-6-5-7-9-18/h5-13,16,22H,14-15H2,1-4H3/t22-/m1/s1. The summed E-state index contributed by atoms with van der Waals surface area (Å²) >= 11 is 0. The van der Waals surface area contributed by atoms with Crippen LogP contribution in [0.2, 0.25) is 0 Å². The molecule has 0 bridgehead atoms. The second-order valence-corrected chi connectivity index (χ2v) is 8.38. The fourth-order valence-electron chi connectivity index (χ4n) is 3.93. The monoisotopic (exact) mass is 461 g/mol. The lowest BCUT2D eigenvalue weighted by atomic mass is 9.98. The molecule has 1 atom stereocenters. The summed E-state index contributed by atoms with van der Waals surface area (Å²) < 4.78 is 15.9. The topological polar surface area (TPSA) is 94.2 Å². The van der Waals surface area contributed by atoms with Crippen LogP contribution in [0.4, 0.5) is 0 Å². The molecular weight excluding hydrogens is 434 g/mol. The number of hydrogen-bond donors (Lipinski definition) is 0. The summed E-state index contributed by atoms with van der Waals surface area (Å²) in [6.07, 6.45) is 0.540. The predicted molar refractivity (Wildman–Crippen MR) is 126 cm³/mol. The molecule has 1 amide bonds. The van der Waals surface area contributed by atoms with Gasteiger partial charge < -0.3 is 14.0 Å². The molecule has 34 heavy (non-hydrogen) atoms. The van der Waals surface area contributed by atoms with Crippen LogP contribution >= 0.6 is 0 Å². The average molecular weight is 462 g/mol. The molecule has 4 rings (SSSR count). The largest absolute Gasteiger partial charge is 0.497 e. The number of carbonyl (C=O) groups excluding carboxylic acids is 2. The molecule has 0 unspecified atom stereocenters. The first-order chi connectivity index (χ1) is 16.4. The molecule has 0 fully saturated rings. The second kappa shape index (κ2) is 9.91. The highest BCUT2D eigenvalue weighted by Crippen LogP contribution is 2.33.